The lowest BCUT2D eigenvalue weighted by Crippen LogP contribution is -2.39. The molecule has 1 fully saturated rings. The molecule has 1 aromatic rings. The van der Waals surface area contributed by atoms with Crippen LogP contribution in [0.15, 0.2) is 18.2 Å². The Morgan fingerprint density at radius 2 is 2.00 bits per heavy atom. The molecule has 0 aliphatic heterocycles. The summed E-state index contributed by atoms with van der Waals surface area (Å²) in [7, 11) is -3.07. The molecule has 1 aromatic carbocycles. The Morgan fingerprint density at radius 3 is 2.63 bits per heavy atom. The second kappa shape index (κ2) is 5.54. The summed E-state index contributed by atoms with van der Waals surface area (Å²) in [6.07, 6.45) is 3.57. The molecule has 6 heteroatoms. The number of rotatable bonds is 4. The van der Waals surface area contributed by atoms with E-state index in [9.17, 15) is 17.2 Å². The minimum Gasteiger partial charge on any atom is -0.309 e. The first-order chi connectivity index (χ1) is 8.88. The van der Waals surface area contributed by atoms with Crippen LogP contribution in [0.3, 0.4) is 0 Å². The molecule has 19 heavy (non-hydrogen) atoms. The van der Waals surface area contributed by atoms with E-state index < -0.39 is 21.5 Å². The lowest BCUT2D eigenvalue weighted by atomic mass is 10.2. The molecule has 1 aliphatic carbocycles. The Labute approximate surface area is 111 Å². The van der Waals surface area contributed by atoms with E-state index in [1.54, 1.807) is 0 Å². The van der Waals surface area contributed by atoms with Crippen LogP contribution in [-0.2, 0) is 16.4 Å². The van der Waals surface area contributed by atoms with Crippen molar-refractivity contribution in [3.8, 4) is 0 Å². The third-order valence-corrected chi connectivity index (χ3v) is 5.22. The van der Waals surface area contributed by atoms with Crippen LogP contribution in [0.1, 0.15) is 24.8 Å². The second-order valence-electron chi connectivity index (χ2n) is 5.03. The van der Waals surface area contributed by atoms with Crippen LogP contribution in [0.4, 0.5) is 8.78 Å². The summed E-state index contributed by atoms with van der Waals surface area (Å²) in [5, 5.41) is 2.76. The molecule has 0 bridgehead atoms. The number of halogens is 2. The third kappa shape index (κ3) is 3.51. The maximum Gasteiger partial charge on any atom is 0.159 e. The van der Waals surface area contributed by atoms with E-state index in [1.807, 2.05) is 0 Å². The first-order valence-electron chi connectivity index (χ1n) is 6.24. The van der Waals surface area contributed by atoms with Crippen LogP contribution >= 0.6 is 0 Å². The SMILES string of the molecule is CS(=O)(=O)C1CCCC1NCc1ccc(F)c(F)c1. The van der Waals surface area contributed by atoms with E-state index in [2.05, 4.69) is 5.32 Å². The Bertz CT molecular complexity index is 560. The van der Waals surface area contributed by atoms with Crippen LogP contribution < -0.4 is 5.32 Å². The molecule has 106 valence electrons. The minimum atomic E-state index is -3.07. The largest absolute Gasteiger partial charge is 0.309 e. The van der Waals surface area contributed by atoms with E-state index in [0.717, 1.165) is 25.0 Å². The summed E-state index contributed by atoms with van der Waals surface area (Å²) in [6.45, 7) is 0.341. The van der Waals surface area contributed by atoms with Gasteiger partial charge in [-0.2, -0.15) is 0 Å². The Kier molecular flexibility index (Phi) is 4.20. The predicted octanol–water partition coefficient (Wildman–Crippen LogP) is 2.02. The van der Waals surface area contributed by atoms with E-state index in [1.165, 1.54) is 12.3 Å². The quantitative estimate of drug-likeness (QED) is 0.922. The van der Waals surface area contributed by atoms with Gasteiger partial charge in [-0.3, -0.25) is 0 Å². The summed E-state index contributed by atoms with van der Waals surface area (Å²) in [6, 6.07) is 3.60. The molecular formula is C13H17F2NO2S. The summed E-state index contributed by atoms with van der Waals surface area (Å²) >= 11 is 0. The van der Waals surface area contributed by atoms with Gasteiger partial charge in [0.25, 0.3) is 0 Å². The van der Waals surface area contributed by atoms with Gasteiger partial charge in [0.05, 0.1) is 5.25 Å². The molecule has 2 rings (SSSR count). The molecule has 1 saturated carbocycles. The molecule has 0 saturated heterocycles. The smallest absolute Gasteiger partial charge is 0.159 e. The first kappa shape index (κ1) is 14.4. The summed E-state index contributed by atoms with van der Waals surface area (Å²) in [5.74, 6) is -1.76. The fourth-order valence-electron chi connectivity index (χ4n) is 2.57. The van der Waals surface area contributed by atoms with E-state index in [0.29, 0.717) is 18.5 Å². The normalized spacial score (nSPS) is 23.7. The number of hydrogen-bond donors (Lipinski definition) is 1. The van der Waals surface area contributed by atoms with Crippen molar-refractivity contribution < 1.29 is 17.2 Å². The predicted molar refractivity (Wildman–Crippen MR) is 69.5 cm³/mol. The maximum atomic E-state index is 13.0. The standard InChI is InChI=1S/C13H17F2NO2S/c1-19(17,18)13-4-2-3-12(13)16-8-9-5-6-10(14)11(15)7-9/h5-7,12-13,16H,2-4,8H2,1H3. The fraction of sp³-hybridized carbons (Fsp3) is 0.538. The first-order valence-corrected chi connectivity index (χ1v) is 8.19. The Hall–Kier alpha value is -1.01. The van der Waals surface area contributed by atoms with Gasteiger partial charge in [-0.15, -0.1) is 0 Å². The average Bonchev–Trinajstić information content (AvgIpc) is 2.79. The van der Waals surface area contributed by atoms with Crippen molar-refractivity contribution >= 4 is 9.84 Å². The second-order valence-corrected chi connectivity index (χ2v) is 7.30. The van der Waals surface area contributed by atoms with Crippen molar-refractivity contribution in [3.05, 3.63) is 35.4 Å². The van der Waals surface area contributed by atoms with Crippen molar-refractivity contribution in [2.45, 2.75) is 37.1 Å². The molecule has 2 atom stereocenters. The zero-order chi connectivity index (χ0) is 14.0. The van der Waals surface area contributed by atoms with Gasteiger partial charge in [-0.1, -0.05) is 12.5 Å². The molecule has 0 spiro atoms. The molecule has 0 amide bonds. The van der Waals surface area contributed by atoms with E-state index >= 15 is 0 Å². The van der Waals surface area contributed by atoms with Crippen molar-refractivity contribution in [1.29, 1.82) is 0 Å². The van der Waals surface area contributed by atoms with Crippen LogP contribution in [0.2, 0.25) is 0 Å². The van der Waals surface area contributed by atoms with E-state index in [-0.39, 0.29) is 11.3 Å². The number of benzene rings is 1. The highest BCUT2D eigenvalue weighted by Gasteiger charge is 2.34. The van der Waals surface area contributed by atoms with Crippen LogP contribution in [-0.4, -0.2) is 26.0 Å². The molecule has 2 unspecified atom stereocenters. The zero-order valence-corrected chi connectivity index (χ0v) is 11.5. The summed E-state index contributed by atoms with van der Waals surface area (Å²) in [4.78, 5) is 0. The number of sulfone groups is 1. The van der Waals surface area contributed by atoms with Gasteiger partial charge in [0.1, 0.15) is 0 Å². The van der Waals surface area contributed by atoms with Crippen molar-refractivity contribution in [1.82, 2.24) is 5.32 Å². The summed E-state index contributed by atoms with van der Waals surface area (Å²) in [5.41, 5.74) is 0.609. The molecule has 0 aromatic heterocycles. The third-order valence-electron chi connectivity index (χ3n) is 3.55. The van der Waals surface area contributed by atoms with Crippen molar-refractivity contribution in [2.75, 3.05) is 6.26 Å². The maximum absolute atomic E-state index is 13.0. The van der Waals surface area contributed by atoms with Gasteiger partial charge in [-0.25, -0.2) is 17.2 Å². The average molecular weight is 289 g/mol. The highest BCUT2D eigenvalue weighted by Crippen LogP contribution is 2.25. The topological polar surface area (TPSA) is 46.2 Å². The highest BCUT2D eigenvalue weighted by molar-refractivity contribution is 7.91. The minimum absolute atomic E-state index is 0.108. The van der Waals surface area contributed by atoms with Gasteiger partial charge in [0, 0.05) is 18.8 Å². The number of hydrogen-bond acceptors (Lipinski definition) is 3. The molecule has 3 nitrogen and oxygen atoms in total. The lowest BCUT2D eigenvalue weighted by Gasteiger charge is -2.19. The molecule has 0 heterocycles. The van der Waals surface area contributed by atoms with Crippen LogP contribution in [0.25, 0.3) is 0 Å². The number of nitrogens with one attached hydrogen (secondary N) is 1. The van der Waals surface area contributed by atoms with Gasteiger partial charge >= 0.3 is 0 Å². The Balaban J connectivity index is 2.00. The van der Waals surface area contributed by atoms with Crippen molar-refractivity contribution in [3.63, 3.8) is 0 Å². The van der Waals surface area contributed by atoms with Crippen LogP contribution in [0.5, 0.6) is 0 Å². The van der Waals surface area contributed by atoms with Crippen molar-refractivity contribution in [2.24, 2.45) is 0 Å². The van der Waals surface area contributed by atoms with Gasteiger partial charge < -0.3 is 5.32 Å². The fourth-order valence-corrected chi connectivity index (χ4v) is 3.99. The molecule has 0 radical (unpaired) electrons. The van der Waals surface area contributed by atoms with E-state index in [4.69, 9.17) is 0 Å². The van der Waals surface area contributed by atoms with Gasteiger partial charge in [-0.05, 0) is 30.5 Å². The molecular weight excluding hydrogens is 272 g/mol. The van der Waals surface area contributed by atoms with Crippen LogP contribution in [0, 0.1) is 11.6 Å². The summed E-state index contributed by atoms with van der Waals surface area (Å²) < 4.78 is 49.0. The zero-order valence-electron chi connectivity index (χ0n) is 10.7. The Morgan fingerprint density at radius 1 is 1.26 bits per heavy atom. The lowest BCUT2D eigenvalue weighted by molar-refractivity contribution is 0.494. The highest BCUT2D eigenvalue weighted by atomic mass is 32.2. The van der Waals surface area contributed by atoms with Gasteiger partial charge in [0.15, 0.2) is 21.5 Å². The monoisotopic (exact) mass is 289 g/mol. The van der Waals surface area contributed by atoms with Gasteiger partial charge in [0.2, 0.25) is 0 Å². The molecule has 1 aliphatic rings. The molecule has 1 N–H and O–H groups in total.